The Balaban J connectivity index is 1.74. The van der Waals surface area contributed by atoms with Gasteiger partial charge in [0.15, 0.2) is 0 Å². The Morgan fingerprint density at radius 1 is 1.52 bits per heavy atom. The maximum absolute atomic E-state index is 13.0. The zero-order valence-electron chi connectivity index (χ0n) is 13.3. The lowest BCUT2D eigenvalue weighted by Gasteiger charge is -2.45. The quantitative estimate of drug-likeness (QED) is 0.802. The summed E-state index contributed by atoms with van der Waals surface area (Å²) in [6, 6.07) is 9.61. The largest absolute Gasteiger partial charge is 0.370 e. The van der Waals surface area contributed by atoms with Crippen molar-refractivity contribution in [2.75, 3.05) is 19.7 Å². The van der Waals surface area contributed by atoms with Gasteiger partial charge in [-0.25, -0.2) is 0 Å². The van der Waals surface area contributed by atoms with Gasteiger partial charge in [-0.05, 0) is 37.0 Å². The average Bonchev–Trinajstić information content (AvgIpc) is 2.57. The molecule has 1 aliphatic carbocycles. The van der Waals surface area contributed by atoms with E-state index in [4.69, 9.17) is 10.00 Å². The number of ether oxygens (including phenoxy) is 1. The van der Waals surface area contributed by atoms with Gasteiger partial charge < -0.3 is 9.64 Å². The van der Waals surface area contributed by atoms with E-state index in [1.807, 2.05) is 29.2 Å². The molecule has 1 aromatic rings. The molecule has 1 saturated carbocycles. The highest BCUT2D eigenvalue weighted by molar-refractivity contribution is 5.84. The van der Waals surface area contributed by atoms with Gasteiger partial charge in [-0.15, -0.1) is 6.58 Å². The molecule has 2 fully saturated rings. The molecule has 0 N–H and O–H groups in total. The van der Waals surface area contributed by atoms with E-state index in [1.54, 1.807) is 6.07 Å². The van der Waals surface area contributed by atoms with Crippen molar-refractivity contribution < 1.29 is 9.53 Å². The molecule has 0 aromatic heterocycles. The number of allylic oxidation sites excluding steroid dienone is 1. The van der Waals surface area contributed by atoms with Crippen LogP contribution in [-0.2, 0) is 9.53 Å². The maximum Gasteiger partial charge on any atom is 0.229 e. The molecule has 2 aliphatic rings. The fourth-order valence-electron chi connectivity index (χ4n) is 3.56. The lowest BCUT2D eigenvalue weighted by Crippen LogP contribution is -2.51. The fraction of sp³-hybridized carbons (Fsp3) is 0.474. The van der Waals surface area contributed by atoms with E-state index in [1.165, 1.54) is 0 Å². The predicted octanol–water partition coefficient (Wildman–Crippen LogP) is 3.20. The molecule has 0 spiro atoms. The van der Waals surface area contributed by atoms with Crippen molar-refractivity contribution in [2.24, 2.45) is 5.41 Å². The Hall–Kier alpha value is -2.12. The number of hydrogen-bond acceptors (Lipinski definition) is 3. The van der Waals surface area contributed by atoms with Crippen LogP contribution in [-0.4, -0.2) is 30.5 Å². The summed E-state index contributed by atoms with van der Waals surface area (Å²) >= 11 is 0. The zero-order valence-corrected chi connectivity index (χ0v) is 13.3. The first-order valence-electron chi connectivity index (χ1n) is 8.20. The minimum Gasteiger partial charge on any atom is -0.370 e. The van der Waals surface area contributed by atoms with E-state index >= 15 is 0 Å². The van der Waals surface area contributed by atoms with Gasteiger partial charge in [-0.3, -0.25) is 4.79 Å². The molecule has 0 radical (unpaired) electrons. The number of morpholine rings is 1. The van der Waals surface area contributed by atoms with Gasteiger partial charge in [-0.2, -0.15) is 5.26 Å². The Morgan fingerprint density at radius 3 is 3.00 bits per heavy atom. The van der Waals surface area contributed by atoms with Gasteiger partial charge in [0.2, 0.25) is 5.91 Å². The maximum atomic E-state index is 13.0. The first kappa shape index (κ1) is 15.8. The molecule has 4 nitrogen and oxygen atoms in total. The van der Waals surface area contributed by atoms with Gasteiger partial charge >= 0.3 is 0 Å². The molecule has 0 unspecified atom stereocenters. The SMILES string of the molecule is C=CCC1(C(=O)N2CCO[C@H](c3cccc(C#N)c3)C2)CCC1. The minimum atomic E-state index is -0.224. The van der Waals surface area contributed by atoms with Crippen LogP contribution in [0.3, 0.4) is 0 Å². The second kappa shape index (κ2) is 6.55. The van der Waals surface area contributed by atoms with Crippen molar-refractivity contribution in [3.8, 4) is 6.07 Å². The monoisotopic (exact) mass is 310 g/mol. The Morgan fingerprint density at radius 2 is 2.35 bits per heavy atom. The summed E-state index contributed by atoms with van der Waals surface area (Å²) in [7, 11) is 0. The predicted molar refractivity (Wildman–Crippen MR) is 87.5 cm³/mol. The molecule has 1 aromatic carbocycles. The summed E-state index contributed by atoms with van der Waals surface area (Å²) in [5.41, 5.74) is 1.36. The topological polar surface area (TPSA) is 53.3 Å². The van der Waals surface area contributed by atoms with Crippen molar-refractivity contribution >= 4 is 5.91 Å². The van der Waals surface area contributed by atoms with E-state index in [2.05, 4.69) is 12.6 Å². The molecule has 1 heterocycles. The highest BCUT2D eigenvalue weighted by Crippen LogP contribution is 2.46. The van der Waals surface area contributed by atoms with Crippen molar-refractivity contribution in [3.63, 3.8) is 0 Å². The van der Waals surface area contributed by atoms with Crippen molar-refractivity contribution in [1.29, 1.82) is 5.26 Å². The summed E-state index contributed by atoms with van der Waals surface area (Å²) in [5.74, 6) is 0.244. The van der Waals surface area contributed by atoms with Gasteiger partial charge in [0.1, 0.15) is 6.10 Å². The first-order valence-corrected chi connectivity index (χ1v) is 8.20. The first-order chi connectivity index (χ1) is 11.2. The van der Waals surface area contributed by atoms with E-state index in [0.717, 1.165) is 31.2 Å². The molecule has 4 heteroatoms. The summed E-state index contributed by atoms with van der Waals surface area (Å²) < 4.78 is 5.84. The lowest BCUT2D eigenvalue weighted by molar-refractivity contribution is -0.155. The highest BCUT2D eigenvalue weighted by atomic mass is 16.5. The van der Waals surface area contributed by atoms with Crippen LogP contribution in [0, 0.1) is 16.7 Å². The molecule has 1 amide bonds. The Bertz CT molecular complexity index is 643. The second-order valence-electron chi connectivity index (χ2n) is 6.47. The minimum absolute atomic E-state index is 0.151. The summed E-state index contributed by atoms with van der Waals surface area (Å²) in [6.45, 7) is 5.56. The van der Waals surface area contributed by atoms with Crippen LogP contribution in [0.25, 0.3) is 0 Å². The van der Waals surface area contributed by atoms with Gasteiger partial charge in [-0.1, -0.05) is 24.6 Å². The summed E-state index contributed by atoms with van der Waals surface area (Å²) in [6.07, 6.45) is 5.52. The van der Waals surface area contributed by atoms with E-state index < -0.39 is 0 Å². The molecule has 1 aliphatic heterocycles. The van der Waals surface area contributed by atoms with Crippen molar-refractivity contribution in [1.82, 2.24) is 4.90 Å². The second-order valence-corrected chi connectivity index (χ2v) is 6.47. The van der Waals surface area contributed by atoms with E-state index in [9.17, 15) is 4.79 Å². The normalized spacial score (nSPS) is 22.7. The van der Waals surface area contributed by atoms with E-state index in [0.29, 0.717) is 25.3 Å². The molecule has 3 rings (SSSR count). The third-order valence-electron chi connectivity index (χ3n) is 5.04. The average molecular weight is 310 g/mol. The molecule has 1 saturated heterocycles. The number of amides is 1. The number of carbonyl (C=O) groups is 1. The number of hydrogen-bond donors (Lipinski definition) is 0. The van der Waals surface area contributed by atoms with Crippen LogP contribution in [0.1, 0.15) is 42.9 Å². The van der Waals surface area contributed by atoms with Crippen molar-refractivity contribution in [3.05, 3.63) is 48.0 Å². The van der Waals surface area contributed by atoms with Crippen LogP contribution >= 0.6 is 0 Å². The highest BCUT2D eigenvalue weighted by Gasteiger charge is 2.46. The van der Waals surface area contributed by atoms with Crippen LogP contribution < -0.4 is 0 Å². The molecule has 0 bridgehead atoms. The van der Waals surface area contributed by atoms with Crippen LogP contribution in [0.5, 0.6) is 0 Å². The number of rotatable bonds is 4. The van der Waals surface area contributed by atoms with Crippen LogP contribution in [0.4, 0.5) is 0 Å². The molecule has 1 atom stereocenters. The molecular formula is C19H22N2O2. The fourth-order valence-corrected chi connectivity index (χ4v) is 3.56. The molecular weight excluding hydrogens is 288 g/mol. The third kappa shape index (κ3) is 3.02. The molecule has 23 heavy (non-hydrogen) atoms. The van der Waals surface area contributed by atoms with Crippen molar-refractivity contribution in [2.45, 2.75) is 31.8 Å². The van der Waals surface area contributed by atoms with Crippen LogP contribution in [0.2, 0.25) is 0 Å². The van der Waals surface area contributed by atoms with Gasteiger partial charge in [0, 0.05) is 6.54 Å². The lowest BCUT2D eigenvalue weighted by atomic mass is 9.65. The van der Waals surface area contributed by atoms with Gasteiger partial charge in [0.05, 0.1) is 30.2 Å². The standard InChI is InChI=1S/C19H22N2O2/c1-2-7-19(8-4-9-19)18(22)21-10-11-23-17(14-21)16-6-3-5-15(12-16)13-20/h2-3,5-6,12,17H,1,4,7-11,14H2/t17-/m0/s1. The zero-order chi connectivity index (χ0) is 16.3. The van der Waals surface area contributed by atoms with E-state index in [-0.39, 0.29) is 17.4 Å². The molecule has 120 valence electrons. The number of nitrogens with zero attached hydrogens (tertiary/aromatic N) is 2. The van der Waals surface area contributed by atoms with Gasteiger partial charge in [0.25, 0.3) is 0 Å². The number of nitriles is 1. The Kier molecular flexibility index (Phi) is 4.49. The summed E-state index contributed by atoms with van der Waals surface area (Å²) in [4.78, 5) is 14.9. The number of carbonyl (C=O) groups excluding carboxylic acids is 1. The smallest absolute Gasteiger partial charge is 0.229 e. The third-order valence-corrected chi connectivity index (χ3v) is 5.04. The Labute approximate surface area is 137 Å². The summed E-state index contributed by atoms with van der Waals surface area (Å²) in [5, 5.41) is 9.04. The van der Waals surface area contributed by atoms with Crippen LogP contribution in [0.15, 0.2) is 36.9 Å². The number of benzene rings is 1.